The Kier molecular flexibility index (Phi) is 5.50. The third kappa shape index (κ3) is 4.39. The first-order chi connectivity index (χ1) is 10.1. The summed E-state index contributed by atoms with van der Waals surface area (Å²) in [6.07, 6.45) is 1.49. The fourth-order valence-corrected chi connectivity index (χ4v) is 3.57. The monoisotopic (exact) mass is 308 g/mol. The molecule has 0 aromatic heterocycles. The van der Waals surface area contributed by atoms with Gasteiger partial charge in [-0.15, -0.1) is 0 Å². The van der Waals surface area contributed by atoms with Crippen molar-refractivity contribution in [3.8, 4) is 0 Å². The average Bonchev–Trinajstić information content (AvgIpc) is 2.99. The van der Waals surface area contributed by atoms with E-state index in [1.165, 1.54) is 0 Å². The summed E-state index contributed by atoms with van der Waals surface area (Å²) in [6.45, 7) is 0. The highest BCUT2D eigenvalue weighted by Crippen LogP contribution is 2.23. The number of rotatable bonds is 5. The van der Waals surface area contributed by atoms with Crippen LogP contribution in [-0.2, 0) is 11.2 Å². The second kappa shape index (κ2) is 7.36. The molecule has 1 saturated heterocycles. The molecule has 1 aliphatic heterocycles. The highest BCUT2D eigenvalue weighted by Gasteiger charge is 2.24. The fourth-order valence-electron chi connectivity index (χ4n) is 2.30. The number of para-hydroxylation sites is 1. The first kappa shape index (κ1) is 15.7. The van der Waals surface area contributed by atoms with Gasteiger partial charge in [-0.05, 0) is 30.2 Å². The van der Waals surface area contributed by atoms with E-state index in [1.807, 2.05) is 43.1 Å². The van der Waals surface area contributed by atoms with E-state index < -0.39 is 5.97 Å². The van der Waals surface area contributed by atoms with E-state index in [2.05, 4.69) is 5.32 Å². The molecule has 1 aliphatic rings. The number of carboxylic acids is 1. The smallest absolute Gasteiger partial charge is 0.321 e. The summed E-state index contributed by atoms with van der Waals surface area (Å²) in [6, 6.07) is 7.50. The first-order valence-corrected chi connectivity index (χ1v) is 8.14. The molecule has 1 heterocycles. The number of nitrogens with zero attached hydrogens (tertiary/aromatic N) is 1. The number of carbonyl (C=O) groups is 2. The number of hydrogen-bond donors (Lipinski definition) is 2. The van der Waals surface area contributed by atoms with Gasteiger partial charge in [0.1, 0.15) is 0 Å². The number of hydrogen-bond acceptors (Lipinski definition) is 3. The van der Waals surface area contributed by atoms with Crippen molar-refractivity contribution in [3.05, 3.63) is 29.8 Å². The molecule has 2 rings (SSSR count). The molecule has 0 aliphatic carbocycles. The van der Waals surface area contributed by atoms with E-state index >= 15 is 0 Å². The van der Waals surface area contributed by atoms with Crippen molar-refractivity contribution in [1.29, 1.82) is 0 Å². The van der Waals surface area contributed by atoms with Gasteiger partial charge in [0.05, 0.1) is 0 Å². The molecular weight excluding hydrogens is 288 g/mol. The lowest BCUT2D eigenvalue weighted by Gasteiger charge is -2.24. The van der Waals surface area contributed by atoms with Gasteiger partial charge >= 0.3 is 12.0 Å². The Morgan fingerprint density at radius 3 is 2.86 bits per heavy atom. The molecule has 2 N–H and O–H groups in total. The normalized spacial score (nSPS) is 17.5. The van der Waals surface area contributed by atoms with Crippen LogP contribution in [0.25, 0.3) is 0 Å². The van der Waals surface area contributed by atoms with Gasteiger partial charge in [0.2, 0.25) is 0 Å². The van der Waals surface area contributed by atoms with Gasteiger partial charge in [-0.2, -0.15) is 11.8 Å². The predicted octanol–water partition coefficient (Wildman–Crippen LogP) is 2.67. The molecule has 1 aromatic rings. The third-order valence-electron chi connectivity index (χ3n) is 3.64. The van der Waals surface area contributed by atoms with Crippen molar-refractivity contribution in [1.82, 2.24) is 4.90 Å². The number of nitrogens with one attached hydrogen (secondary N) is 1. The molecule has 1 unspecified atom stereocenters. The highest BCUT2D eigenvalue weighted by molar-refractivity contribution is 7.99. The lowest BCUT2D eigenvalue weighted by atomic mass is 10.1. The minimum Gasteiger partial charge on any atom is -0.481 e. The number of anilines is 1. The number of carboxylic acid groups (broad SMARTS) is 1. The van der Waals surface area contributed by atoms with Crippen LogP contribution in [0.4, 0.5) is 10.5 Å². The Morgan fingerprint density at radius 2 is 2.19 bits per heavy atom. The van der Waals surface area contributed by atoms with Crippen molar-refractivity contribution in [2.24, 2.45) is 0 Å². The van der Waals surface area contributed by atoms with Gasteiger partial charge in [-0.25, -0.2) is 4.79 Å². The average molecular weight is 308 g/mol. The maximum atomic E-state index is 12.3. The Hall–Kier alpha value is -1.69. The zero-order chi connectivity index (χ0) is 15.2. The van der Waals surface area contributed by atoms with Gasteiger partial charge in [0.15, 0.2) is 0 Å². The molecule has 0 saturated carbocycles. The molecule has 1 atom stereocenters. The number of amides is 2. The molecule has 5 nitrogen and oxygen atoms in total. The van der Waals surface area contributed by atoms with Crippen LogP contribution in [0.5, 0.6) is 0 Å². The summed E-state index contributed by atoms with van der Waals surface area (Å²) >= 11 is 1.86. The van der Waals surface area contributed by atoms with E-state index in [9.17, 15) is 9.59 Å². The summed E-state index contributed by atoms with van der Waals surface area (Å²) < 4.78 is 0. The second-order valence-electron chi connectivity index (χ2n) is 5.11. The summed E-state index contributed by atoms with van der Waals surface area (Å²) in [4.78, 5) is 24.7. The lowest BCUT2D eigenvalue weighted by molar-refractivity contribution is -0.136. The molecule has 21 heavy (non-hydrogen) atoms. The summed E-state index contributed by atoms with van der Waals surface area (Å²) in [7, 11) is 1.81. The second-order valence-corrected chi connectivity index (χ2v) is 6.26. The maximum Gasteiger partial charge on any atom is 0.321 e. The summed E-state index contributed by atoms with van der Waals surface area (Å²) in [5.41, 5.74) is 1.55. The van der Waals surface area contributed by atoms with Gasteiger partial charge in [-0.3, -0.25) is 4.79 Å². The predicted molar refractivity (Wildman–Crippen MR) is 84.9 cm³/mol. The summed E-state index contributed by atoms with van der Waals surface area (Å²) in [5, 5.41) is 11.7. The molecule has 0 spiro atoms. The number of aliphatic carboxylic acids is 1. The molecule has 1 aromatic carbocycles. The van der Waals surface area contributed by atoms with Crippen LogP contribution in [-0.4, -0.2) is 46.6 Å². The minimum atomic E-state index is -0.837. The first-order valence-electron chi connectivity index (χ1n) is 6.99. The van der Waals surface area contributed by atoms with Crippen molar-refractivity contribution in [3.63, 3.8) is 0 Å². The lowest BCUT2D eigenvalue weighted by Crippen LogP contribution is -2.40. The van der Waals surface area contributed by atoms with Crippen LogP contribution in [0.15, 0.2) is 24.3 Å². The number of urea groups is 1. The fraction of sp³-hybridized carbons (Fsp3) is 0.467. The standard InChI is InChI=1S/C15H20N2O3S/c1-17(12-8-9-21-10-12)15(20)16-13-5-3-2-4-11(13)6-7-14(18)19/h2-5,12H,6-10H2,1H3,(H,16,20)(H,18,19). The quantitative estimate of drug-likeness (QED) is 0.877. The Balaban J connectivity index is 2.00. The topological polar surface area (TPSA) is 69.6 Å². The van der Waals surface area contributed by atoms with Crippen LogP contribution >= 0.6 is 11.8 Å². The molecule has 6 heteroatoms. The number of benzene rings is 1. The Morgan fingerprint density at radius 1 is 1.43 bits per heavy atom. The van der Waals surface area contributed by atoms with Gasteiger partial charge in [0.25, 0.3) is 0 Å². The zero-order valence-electron chi connectivity index (χ0n) is 12.0. The van der Waals surface area contributed by atoms with E-state index in [-0.39, 0.29) is 18.5 Å². The van der Waals surface area contributed by atoms with Crippen molar-refractivity contribution in [2.45, 2.75) is 25.3 Å². The van der Waals surface area contributed by atoms with E-state index in [1.54, 1.807) is 4.90 Å². The van der Waals surface area contributed by atoms with E-state index in [0.717, 1.165) is 23.5 Å². The van der Waals surface area contributed by atoms with Crippen LogP contribution in [0.3, 0.4) is 0 Å². The molecular formula is C15H20N2O3S. The van der Waals surface area contributed by atoms with Crippen LogP contribution in [0, 0.1) is 0 Å². The highest BCUT2D eigenvalue weighted by atomic mass is 32.2. The van der Waals surface area contributed by atoms with E-state index in [0.29, 0.717) is 12.1 Å². The molecule has 1 fully saturated rings. The van der Waals surface area contributed by atoms with Crippen LogP contribution in [0.2, 0.25) is 0 Å². The minimum absolute atomic E-state index is 0.0575. The summed E-state index contributed by atoms with van der Waals surface area (Å²) in [5.74, 6) is 1.23. The van der Waals surface area contributed by atoms with Gasteiger partial charge in [-0.1, -0.05) is 18.2 Å². The van der Waals surface area contributed by atoms with Crippen molar-refractivity contribution in [2.75, 3.05) is 23.9 Å². The van der Waals surface area contributed by atoms with Crippen molar-refractivity contribution >= 4 is 29.4 Å². The van der Waals surface area contributed by atoms with Crippen molar-refractivity contribution < 1.29 is 14.7 Å². The van der Waals surface area contributed by atoms with Crippen LogP contribution < -0.4 is 5.32 Å². The van der Waals surface area contributed by atoms with E-state index in [4.69, 9.17) is 5.11 Å². The zero-order valence-corrected chi connectivity index (χ0v) is 12.9. The Bertz CT molecular complexity index is 515. The van der Waals surface area contributed by atoms with Gasteiger partial charge < -0.3 is 15.3 Å². The number of thioether (sulfide) groups is 1. The van der Waals surface area contributed by atoms with Crippen LogP contribution in [0.1, 0.15) is 18.4 Å². The largest absolute Gasteiger partial charge is 0.481 e. The molecule has 0 radical (unpaired) electrons. The van der Waals surface area contributed by atoms with Gasteiger partial charge in [0, 0.05) is 31.0 Å². The molecule has 0 bridgehead atoms. The number of carbonyl (C=O) groups excluding carboxylic acids is 1. The molecule has 2 amide bonds. The Labute approximate surface area is 128 Å². The third-order valence-corrected chi connectivity index (χ3v) is 4.79. The SMILES string of the molecule is CN(C(=O)Nc1ccccc1CCC(=O)O)C1CCSC1. The number of aryl methyl sites for hydroxylation is 1. The molecule has 114 valence electrons. The maximum absolute atomic E-state index is 12.3.